The van der Waals surface area contributed by atoms with E-state index < -0.39 is 5.41 Å². The quantitative estimate of drug-likeness (QED) is 0.145. The molecule has 2 aromatic heterocycles. The molecule has 67 heavy (non-hydrogen) atoms. The molecule has 0 N–H and O–H groups in total. The van der Waals surface area contributed by atoms with Crippen LogP contribution in [0.25, 0.3) is 89.5 Å². The van der Waals surface area contributed by atoms with Gasteiger partial charge in [-0.3, -0.25) is 4.98 Å². The van der Waals surface area contributed by atoms with Crippen LogP contribution < -0.4 is 0 Å². The average molecular weight is 854 g/mol. The third-order valence-corrected chi connectivity index (χ3v) is 13.3. The monoisotopic (exact) mass is 853 g/mol. The van der Waals surface area contributed by atoms with Crippen LogP contribution in [0.2, 0.25) is 0 Å². The Bertz CT molecular complexity index is 3510. The van der Waals surface area contributed by atoms with Crippen molar-refractivity contribution in [2.24, 2.45) is 0 Å². The molecule has 9 aromatic carbocycles. The van der Waals surface area contributed by atoms with Crippen LogP contribution in [0.5, 0.6) is 0 Å². The van der Waals surface area contributed by atoms with E-state index in [0.29, 0.717) is 5.82 Å². The second-order valence-corrected chi connectivity index (χ2v) is 17.2. The Kier molecular flexibility index (Phi) is 10.1. The first-order valence-electron chi connectivity index (χ1n) is 22.8. The zero-order valence-electron chi connectivity index (χ0n) is 36.7. The average Bonchev–Trinajstić information content (AvgIpc) is 3.72. The standard InChI is InChI=1S/C64H43N3/c1-4-16-46(17-5-1)63-66-61(45-33-31-44(32-34-45)54-24-15-37-65-43-54)42-62(67-63)53-23-14-22-51(40-53)49-20-12-18-47(38-49)48-19-13-21-50(39-48)52-35-36-58-57-29-10-11-30-59(57)64(60(58)41-52,55-25-6-2-7-26-55)56-27-8-3-9-28-56/h1-43H. The van der Waals surface area contributed by atoms with Crippen molar-refractivity contribution < 1.29 is 0 Å². The van der Waals surface area contributed by atoms with Crippen LogP contribution in [-0.2, 0) is 5.41 Å². The smallest absolute Gasteiger partial charge is 0.160 e. The molecule has 3 nitrogen and oxygen atoms in total. The third kappa shape index (κ3) is 7.24. The van der Waals surface area contributed by atoms with Gasteiger partial charge in [-0.15, -0.1) is 0 Å². The lowest BCUT2D eigenvalue weighted by Crippen LogP contribution is -2.28. The molecule has 0 fully saturated rings. The van der Waals surface area contributed by atoms with E-state index >= 15 is 0 Å². The third-order valence-electron chi connectivity index (χ3n) is 13.3. The summed E-state index contributed by atoms with van der Waals surface area (Å²) in [6.07, 6.45) is 3.69. The number of aromatic nitrogens is 3. The minimum atomic E-state index is -0.451. The summed E-state index contributed by atoms with van der Waals surface area (Å²) in [5.74, 6) is 0.690. The summed E-state index contributed by atoms with van der Waals surface area (Å²) >= 11 is 0. The fourth-order valence-electron chi connectivity index (χ4n) is 10.1. The molecule has 11 aromatic rings. The minimum absolute atomic E-state index is 0.451. The van der Waals surface area contributed by atoms with E-state index in [4.69, 9.17) is 9.97 Å². The lowest BCUT2D eigenvalue weighted by atomic mass is 9.67. The van der Waals surface area contributed by atoms with Crippen molar-refractivity contribution in [2.75, 3.05) is 0 Å². The number of nitrogens with zero attached hydrogens (tertiary/aromatic N) is 3. The lowest BCUT2D eigenvalue weighted by Gasteiger charge is -2.34. The van der Waals surface area contributed by atoms with Gasteiger partial charge in [-0.05, 0) is 114 Å². The van der Waals surface area contributed by atoms with Crippen LogP contribution in [0.3, 0.4) is 0 Å². The Balaban J connectivity index is 0.899. The Morgan fingerprint density at radius 3 is 1.31 bits per heavy atom. The lowest BCUT2D eigenvalue weighted by molar-refractivity contribution is 0.769. The molecule has 12 rings (SSSR count). The highest BCUT2D eigenvalue weighted by atomic mass is 14.9. The number of fused-ring (bicyclic) bond motifs is 3. The van der Waals surface area contributed by atoms with Gasteiger partial charge in [0.25, 0.3) is 0 Å². The molecule has 0 radical (unpaired) electrons. The summed E-state index contributed by atoms with van der Waals surface area (Å²) in [6.45, 7) is 0. The molecule has 0 amide bonds. The van der Waals surface area contributed by atoms with Crippen molar-refractivity contribution in [3.63, 3.8) is 0 Å². The van der Waals surface area contributed by atoms with Crippen molar-refractivity contribution >= 4 is 0 Å². The number of pyridine rings is 1. The van der Waals surface area contributed by atoms with E-state index in [1.54, 1.807) is 6.20 Å². The van der Waals surface area contributed by atoms with E-state index in [-0.39, 0.29) is 0 Å². The minimum Gasteiger partial charge on any atom is -0.264 e. The van der Waals surface area contributed by atoms with E-state index in [2.05, 4.69) is 229 Å². The Hall–Kier alpha value is -8.79. The Labute approximate surface area is 391 Å². The maximum Gasteiger partial charge on any atom is 0.160 e. The first-order valence-corrected chi connectivity index (χ1v) is 22.8. The molecule has 1 aliphatic rings. The van der Waals surface area contributed by atoms with E-state index in [1.807, 2.05) is 30.5 Å². The number of benzene rings is 9. The van der Waals surface area contributed by atoms with E-state index in [9.17, 15) is 0 Å². The Morgan fingerprint density at radius 2 is 0.716 bits per heavy atom. The second-order valence-electron chi connectivity index (χ2n) is 17.2. The van der Waals surface area contributed by atoms with Crippen LogP contribution in [-0.4, -0.2) is 15.0 Å². The molecule has 0 bridgehead atoms. The normalized spacial score (nSPS) is 12.3. The van der Waals surface area contributed by atoms with Crippen molar-refractivity contribution in [3.05, 3.63) is 283 Å². The van der Waals surface area contributed by atoms with E-state index in [0.717, 1.165) is 55.9 Å². The van der Waals surface area contributed by atoms with Crippen LogP contribution in [0.1, 0.15) is 22.3 Å². The molecule has 0 unspecified atom stereocenters. The molecular formula is C64H43N3. The zero-order chi connectivity index (χ0) is 44.6. The summed E-state index contributed by atoms with van der Waals surface area (Å²) in [4.78, 5) is 14.6. The summed E-state index contributed by atoms with van der Waals surface area (Å²) in [7, 11) is 0. The number of hydrogen-bond acceptors (Lipinski definition) is 3. The topological polar surface area (TPSA) is 38.7 Å². The van der Waals surface area contributed by atoms with Gasteiger partial charge in [0.15, 0.2) is 5.82 Å². The predicted molar refractivity (Wildman–Crippen MR) is 275 cm³/mol. The first-order chi connectivity index (χ1) is 33.2. The van der Waals surface area contributed by atoms with Gasteiger partial charge in [0.1, 0.15) is 0 Å². The van der Waals surface area contributed by atoms with E-state index in [1.165, 1.54) is 50.1 Å². The molecule has 2 heterocycles. The molecule has 3 heteroatoms. The highest BCUT2D eigenvalue weighted by Gasteiger charge is 2.46. The molecule has 1 aliphatic carbocycles. The molecule has 0 spiro atoms. The second kappa shape index (κ2) is 17.0. The largest absolute Gasteiger partial charge is 0.264 e. The van der Waals surface area contributed by atoms with Gasteiger partial charge in [0, 0.05) is 29.1 Å². The molecule has 314 valence electrons. The van der Waals surface area contributed by atoms with Gasteiger partial charge < -0.3 is 0 Å². The molecule has 0 saturated carbocycles. The van der Waals surface area contributed by atoms with Crippen molar-refractivity contribution in [3.8, 4) is 89.5 Å². The highest BCUT2D eigenvalue weighted by Crippen LogP contribution is 2.56. The molecular weight excluding hydrogens is 811 g/mol. The molecule has 0 saturated heterocycles. The maximum atomic E-state index is 5.16. The van der Waals surface area contributed by atoms with Gasteiger partial charge in [-0.2, -0.15) is 0 Å². The van der Waals surface area contributed by atoms with Crippen LogP contribution >= 0.6 is 0 Å². The van der Waals surface area contributed by atoms with Crippen molar-refractivity contribution in [1.82, 2.24) is 15.0 Å². The SMILES string of the molecule is c1ccc(-c2nc(-c3ccc(-c4cccnc4)cc3)cc(-c3cccc(-c4cccc(-c5cccc(-c6ccc7c(c6)C(c6ccccc6)(c6ccccc6)c6ccccc6-7)c5)c4)c3)n2)cc1. The first kappa shape index (κ1) is 39.8. The van der Waals surface area contributed by atoms with Crippen LogP contribution in [0.4, 0.5) is 0 Å². The van der Waals surface area contributed by atoms with Crippen LogP contribution in [0.15, 0.2) is 261 Å². The molecule has 0 aliphatic heterocycles. The highest BCUT2D eigenvalue weighted by molar-refractivity contribution is 5.89. The summed E-state index contributed by atoms with van der Waals surface area (Å²) < 4.78 is 0. The summed E-state index contributed by atoms with van der Waals surface area (Å²) in [6, 6.07) is 89.5. The van der Waals surface area contributed by atoms with Gasteiger partial charge >= 0.3 is 0 Å². The van der Waals surface area contributed by atoms with Crippen molar-refractivity contribution in [2.45, 2.75) is 5.41 Å². The van der Waals surface area contributed by atoms with Crippen LogP contribution in [0, 0.1) is 0 Å². The Morgan fingerprint density at radius 1 is 0.269 bits per heavy atom. The zero-order valence-corrected chi connectivity index (χ0v) is 36.7. The van der Waals surface area contributed by atoms with Gasteiger partial charge in [0.2, 0.25) is 0 Å². The fourth-order valence-corrected chi connectivity index (χ4v) is 10.1. The summed E-state index contributed by atoms with van der Waals surface area (Å²) in [5, 5.41) is 0. The van der Waals surface area contributed by atoms with Gasteiger partial charge in [0.05, 0.1) is 16.8 Å². The number of rotatable bonds is 9. The van der Waals surface area contributed by atoms with Crippen molar-refractivity contribution in [1.29, 1.82) is 0 Å². The predicted octanol–water partition coefficient (Wildman–Crippen LogP) is 15.9. The maximum absolute atomic E-state index is 5.16. The van der Waals surface area contributed by atoms with Gasteiger partial charge in [-0.25, -0.2) is 9.97 Å². The number of hydrogen-bond donors (Lipinski definition) is 0. The summed E-state index contributed by atoms with van der Waals surface area (Å²) in [5.41, 5.74) is 21.2. The molecule has 0 atom stereocenters. The fraction of sp³-hybridized carbons (Fsp3) is 0.0156. The van der Waals surface area contributed by atoms with Gasteiger partial charge in [-0.1, -0.05) is 212 Å².